The minimum absolute atomic E-state index is 0.0140. The number of carbonyl (C=O) groups excluding carboxylic acids is 1. The van der Waals surface area contributed by atoms with Crippen molar-refractivity contribution < 1.29 is 9.18 Å². The second kappa shape index (κ2) is 6.16. The van der Waals surface area contributed by atoms with E-state index in [1.807, 2.05) is 13.1 Å². The van der Waals surface area contributed by atoms with Crippen LogP contribution < -0.4 is 16.6 Å². The van der Waals surface area contributed by atoms with Crippen molar-refractivity contribution in [2.24, 2.45) is 5.84 Å². The van der Waals surface area contributed by atoms with E-state index >= 15 is 0 Å². The Morgan fingerprint density at radius 2 is 2.30 bits per heavy atom. The molecule has 6 nitrogen and oxygen atoms in total. The lowest BCUT2D eigenvalue weighted by molar-refractivity contribution is 0.0952. The van der Waals surface area contributed by atoms with Gasteiger partial charge in [0.1, 0.15) is 5.82 Å². The van der Waals surface area contributed by atoms with Crippen LogP contribution in [0.2, 0.25) is 0 Å². The van der Waals surface area contributed by atoms with Crippen molar-refractivity contribution in [2.75, 3.05) is 12.0 Å². The lowest BCUT2D eigenvalue weighted by atomic mass is 10.1. The normalized spacial score (nSPS) is 10.3. The number of hydrogen-bond acceptors (Lipinski definition) is 4. The molecule has 4 N–H and O–H groups in total. The van der Waals surface area contributed by atoms with E-state index in [0.29, 0.717) is 13.1 Å². The molecule has 0 saturated heterocycles. The summed E-state index contributed by atoms with van der Waals surface area (Å²) in [6.07, 6.45) is 3.62. The zero-order valence-corrected chi connectivity index (χ0v) is 11.1. The van der Waals surface area contributed by atoms with E-state index in [0.717, 1.165) is 5.56 Å². The highest BCUT2D eigenvalue weighted by Gasteiger charge is 2.13. The molecule has 0 saturated carbocycles. The molecule has 0 aliphatic carbocycles. The SMILES string of the molecule is Cc1cnn(CCNC(=O)c2cccc(F)c2NN)c1. The third kappa shape index (κ3) is 3.12. The van der Waals surface area contributed by atoms with Crippen molar-refractivity contribution in [3.63, 3.8) is 0 Å². The number of hydrazine groups is 1. The molecule has 0 spiro atoms. The van der Waals surface area contributed by atoms with E-state index in [-0.39, 0.29) is 17.2 Å². The van der Waals surface area contributed by atoms with Crippen LogP contribution in [0.1, 0.15) is 15.9 Å². The number of aryl methyl sites for hydroxylation is 1. The second-order valence-corrected chi connectivity index (χ2v) is 4.34. The average molecular weight is 277 g/mol. The molecular weight excluding hydrogens is 261 g/mol. The topological polar surface area (TPSA) is 85.0 Å². The zero-order valence-electron chi connectivity index (χ0n) is 11.1. The fourth-order valence-corrected chi connectivity index (χ4v) is 1.83. The number of aromatic nitrogens is 2. The van der Waals surface area contributed by atoms with Crippen molar-refractivity contribution in [3.05, 3.63) is 47.5 Å². The number of carbonyl (C=O) groups is 1. The van der Waals surface area contributed by atoms with Crippen LogP contribution in [0.25, 0.3) is 0 Å². The van der Waals surface area contributed by atoms with E-state index in [2.05, 4.69) is 15.8 Å². The van der Waals surface area contributed by atoms with Crippen LogP contribution in [0.5, 0.6) is 0 Å². The molecule has 1 aromatic heterocycles. The lowest BCUT2D eigenvalue weighted by Crippen LogP contribution is -2.28. The third-order valence-corrected chi connectivity index (χ3v) is 2.79. The van der Waals surface area contributed by atoms with Crippen LogP contribution in [0.3, 0.4) is 0 Å². The van der Waals surface area contributed by atoms with Crippen molar-refractivity contribution in [1.82, 2.24) is 15.1 Å². The number of para-hydroxylation sites is 1. The molecule has 106 valence electrons. The van der Waals surface area contributed by atoms with Gasteiger partial charge in [0.05, 0.1) is 24.0 Å². The summed E-state index contributed by atoms with van der Waals surface area (Å²) in [5.41, 5.74) is 3.41. The molecule has 20 heavy (non-hydrogen) atoms. The van der Waals surface area contributed by atoms with Crippen LogP contribution in [0, 0.1) is 12.7 Å². The molecule has 0 bridgehead atoms. The van der Waals surface area contributed by atoms with E-state index in [1.54, 1.807) is 10.9 Å². The standard InChI is InChI=1S/C13H16FN5O/c1-9-7-17-19(8-9)6-5-16-13(20)10-3-2-4-11(14)12(10)18-15/h2-4,7-8,18H,5-6,15H2,1H3,(H,16,20). The minimum atomic E-state index is -0.567. The molecule has 1 aromatic carbocycles. The third-order valence-electron chi connectivity index (χ3n) is 2.79. The van der Waals surface area contributed by atoms with Gasteiger partial charge in [0, 0.05) is 12.7 Å². The van der Waals surface area contributed by atoms with Gasteiger partial charge in [-0.15, -0.1) is 0 Å². The zero-order chi connectivity index (χ0) is 14.5. The number of rotatable bonds is 5. The van der Waals surface area contributed by atoms with Crippen LogP contribution in [0.4, 0.5) is 10.1 Å². The molecule has 1 amide bonds. The van der Waals surface area contributed by atoms with E-state index in [4.69, 9.17) is 5.84 Å². The summed E-state index contributed by atoms with van der Waals surface area (Å²) in [4.78, 5) is 12.0. The second-order valence-electron chi connectivity index (χ2n) is 4.34. The van der Waals surface area contributed by atoms with Crippen LogP contribution >= 0.6 is 0 Å². The predicted molar refractivity (Wildman–Crippen MR) is 73.5 cm³/mol. The van der Waals surface area contributed by atoms with Crippen molar-refractivity contribution in [1.29, 1.82) is 0 Å². The first-order valence-electron chi connectivity index (χ1n) is 6.14. The van der Waals surface area contributed by atoms with E-state index in [1.165, 1.54) is 18.2 Å². The molecule has 2 aromatic rings. The largest absolute Gasteiger partial charge is 0.350 e. The van der Waals surface area contributed by atoms with Crippen LogP contribution in [0.15, 0.2) is 30.6 Å². The Morgan fingerprint density at radius 1 is 1.50 bits per heavy atom. The number of nitrogens with zero attached hydrogens (tertiary/aromatic N) is 2. The quantitative estimate of drug-likeness (QED) is 0.563. The summed E-state index contributed by atoms with van der Waals surface area (Å²) in [6, 6.07) is 4.20. The van der Waals surface area contributed by atoms with Crippen molar-refractivity contribution in [3.8, 4) is 0 Å². The highest BCUT2D eigenvalue weighted by molar-refractivity contribution is 5.99. The van der Waals surface area contributed by atoms with Gasteiger partial charge in [-0.3, -0.25) is 15.3 Å². The Morgan fingerprint density at radius 3 is 2.95 bits per heavy atom. The molecule has 7 heteroatoms. The number of nitrogens with two attached hydrogens (primary N) is 1. The fourth-order valence-electron chi connectivity index (χ4n) is 1.83. The summed E-state index contributed by atoms with van der Waals surface area (Å²) >= 11 is 0. The Kier molecular flexibility index (Phi) is 4.31. The summed E-state index contributed by atoms with van der Waals surface area (Å²) in [7, 11) is 0. The maximum atomic E-state index is 13.5. The summed E-state index contributed by atoms with van der Waals surface area (Å²) < 4.78 is 15.2. The molecule has 2 rings (SSSR count). The van der Waals surface area contributed by atoms with Gasteiger partial charge in [-0.05, 0) is 24.6 Å². The van der Waals surface area contributed by atoms with Gasteiger partial charge in [-0.25, -0.2) is 4.39 Å². The summed E-state index contributed by atoms with van der Waals surface area (Å²) in [6.45, 7) is 2.87. The van der Waals surface area contributed by atoms with Crippen LogP contribution in [-0.2, 0) is 6.54 Å². The molecule has 0 unspecified atom stereocenters. The number of amides is 1. The Labute approximate surface area is 115 Å². The molecule has 1 heterocycles. The Bertz CT molecular complexity index is 611. The number of nitrogen functional groups attached to an aromatic ring is 1. The highest BCUT2D eigenvalue weighted by atomic mass is 19.1. The molecule has 0 atom stereocenters. The fraction of sp³-hybridized carbons (Fsp3) is 0.231. The molecule has 0 fully saturated rings. The molecule has 0 aliphatic heterocycles. The van der Waals surface area contributed by atoms with Crippen molar-refractivity contribution in [2.45, 2.75) is 13.5 Å². The molecule has 0 radical (unpaired) electrons. The summed E-state index contributed by atoms with van der Waals surface area (Å²) in [5.74, 6) is 4.27. The molecule has 0 aliphatic rings. The molecular formula is C13H16FN5O. The highest BCUT2D eigenvalue weighted by Crippen LogP contribution is 2.18. The van der Waals surface area contributed by atoms with Gasteiger partial charge in [-0.2, -0.15) is 5.10 Å². The first-order valence-corrected chi connectivity index (χ1v) is 6.14. The maximum absolute atomic E-state index is 13.5. The van der Waals surface area contributed by atoms with Gasteiger partial charge in [0.15, 0.2) is 0 Å². The van der Waals surface area contributed by atoms with Gasteiger partial charge < -0.3 is 10.7 Å². The van der Waals surface area contributed by atoms with E-state index in [9.17, 15) is 9.18 Å². The lowest BCUT2D eigenvalue weighted by Gasteiger charge is -2.10. The van der Waals surface area contributed by atoms with Gasteiger partial charge >= 0.3 is 0 Å². The Hall–Kier alpha value is -2.41. The number of hydrogen-bond donors (Lipinski definition) is 3. The number of anilines is 1. The first-order chi connectivity index (χ1) is 9.61. The Balaban J connectivity index is 1.97. The van der Waals surface area contributed by atoms with Gasteiger partial charge in [-0.1, -0.05) is 6.07 Å². The van der Waals surface area contributed by atoms with Crippen molar-refractivity contribution >= 4 is 11.6 Å². The average Bonchev–Trinajstić information content (AvgIpc) is 2.84. The van der Waals surface area contributed by atoms with E-state index < -0.39 is 5.82 Å². The number of halogens is 1. The minimum Gasteiger partial charge on any atom is -0.350 e. The number of nitrogens with one attached hydrogen (secondary N) is 2. The number of benzene rings is 1. The summed E-state index contributed by atoms with van der Waals surface area (Å²) in [5, 5.41) is 6.80. The maximum Gasteiger partial charge on any atom is 0.253 e. The monoisotopic (exact) mass is 277 g/mol. The van der Waals surface area contributed by atoms with Crippen LogP contribution in [-0.4, -0.2) is 22.2 Å². The first kappa shape index (κ1) is 14.0. The van der Waals surface area contributed by atoms with Gasteiger partial charge in [0.2, 0.25) is 0 Å². The smallest absolute Gasteiger partial charge is 0.253 e. The predicted octanol–water partition coefficient (Wildman–Crippen LogP) is 1.05. The van der Waals surface area contributed by atoms with Gasteiger partial charge in [0.25, 0.3) is 5.91 Å².